The molecule has 1 aromatic carbocycles. The molecule has 0 radical (unpaired) electrons. The van der Waals surface area contributed by atoms with Gasteiger partial charge in [-0.3, -0.25) is 19.8 Å². The third-order valence-corrected chi connectivity index (χ3v) is 5.62. The van der Waals surface area contributed by atoms with Crippen LogP contribution in [0.5, 0.6) is 0 Å². The van der Waals surface area contributed by atoms with Gasteiger partial charge in [0.2, 0.25) is 0 Å². The summed E-state index contributed by atoms with van der Waals surface area (Å²) in [6, 6.07) is 2.90. The van der Waals surface area contributed by atoms with Crippen LogP contribution >= 0.6 is 11.3 Å². The molecule has 0 unspecified atom stereocenters. The minimum absolute atomic E-state index is 0.0256. The van der Waals surface area contributed by atoms with Crippen molar-refractivity contribution in [3.8, 4) is 0 Å². The van der Waals surface area contributed by atoms with E-state index in [2.05, 4.69) is 34.2 Å². The quantitative estimate of drug-likeness (QED) is 0.721. The lowest BCUT2D eigenvalue weighted by atomic mass is 10.2. The maximum atomic E-state index is 13.3. The summed E-state index contributed by atoms with van der Waals surface area (Å²) in [6.07, 6.45) is 1.09. The predicted octanol–water partition coefficient (Wildman–Crippen LogP) is 2.38. The number of carbonyl (C=O) groups excluding carboxylic acids is 2. The van der Waals surface area contributed by atoms with Gasteiger partial charge in [-0.1, -0.05) is 0 Å². The van der Waals surface area contributed by atoms with Crippen LogP contribution < -0.4 is 5.32 Å². The zero-order valence-corrected chi connectivity index (χ0v) is 17.8. The van der Waals surface area contributed by atoms with E-state index in [1.807, 2.05) is 0 Å². The molecule has 1 aliphatic rings. The van der Waals surface area contributed by atoms with Crippen LogP contribution in [0.4, 0.5) is 13.9 Å². The molecule has 1 saturated heterocycles. The van der Waals surface area contributed by atoms with Gasteiger partial charge in [0.1, 0.15) is 5.69 Å². The molecule has 2 heterocycles. The van der Waals surface area contributed by atoms with Crippen molar-refractivity contribution in [3.05, 3.63) is 46.5 Å². The molecule has 0 spiro atoms. The largest absolute Gasteiger partial charge is 0.335 e. The van der Waals surface area contributed by atoms with Crippen molar-refractivity contribution in [1.82, 2.24) is 19.7 Å². The molecule has 0 saturated carbocycles. The van der Waals surface area contributed by atoms with Gasteiger partial charge in [0.15, 0.2) is 16.8 Å². The Morgan fingerprint density at radius 3 is 2.57 bits per heavy atom. The van der Waals surface area contributed by atoms with Crippen molar-refractivity contribution in [2.75, 3.05) is 58.7 Å². The molecule has 10 heteroatoms. The Hall–Kier alpha value is -2.43. The van der Waals surface area contributed by atoms with Crippen molar-refractivity contribution in [3.63, 3.8) is 0 Å². The first kappa shape index (κ1) is 22.3. The van der Waals surface area contributed by atoms with E-state index in [4.69, 9.17) is 0 Å². The number of rotatable bonds is 7. The molecule has 0 atom stereocenters. The number of anilines is 1. The smallest absolute Gasteiger partial charge is 0.273 e. The first-order valence-corrected chi connectivity index (χ1v) is 10.6. The summed E-state index contributed by atoms with van der Waals surface area (Å²) in [6.45, 7) is 4.96. The van der Waals surface area contributed by atoms with E-state index >= 15 is 0 Å². The molecule has 2 amide bonds. The van der Waals surface area contributed by atoms with Crippen LogP contribution in [0.2, 0.25) is 0 Å². The SMILES string of the molecule is CN(C)CCCN1CCN(C(=O)c2csc(NC(=O)c3ccc(F)c(F)c3)n2)CC1. The van der Waals surface area contributed by atoms with E-state index in [0.717, 1.165) is 56.1 Å². The highest BCUT2D eigenvalue weighted by Crippen LogP contribution is 2.19. The number of thiazole rings is 1. The monoisotopic (exact) mass is 437 g/mol. The van der Waals surface area contributed by atoms with Gasteiger partial charge in [-0.2, -0.15) is 0 Å². The zero-order chi connectivity index (χ0) is 21.7. The minimum atomic E-state index is -1.10. The molecule has 30 heavy (non-hydrogen) atoms. The predicted molar refractivity (Wildman–Crippen MR) is 112 cm³/mol. The molecular weight excluding hydrogens is 412 g/mol. The minimum Gasteiger partial charge on any atom is -0.335 e. The molecule has 1 N–H and O–H groups in total. The lowest BCUT2D eigenvalue weighted by molar-refractivity contribution is 0.0628. The van der Waals surface area contributed by atoms with E-state index in [0.29, 0.717) is 13.1 Å². The van der Waals surface area contributed by atoms with Gasteiger partial charge in [0.25, 0.3) is 11.8 Å². The number of aromatic nitrogens is 1. The van der Waals surface area contributed by atoms with Gasteiger partial charge in [-0.25, -0.2) is 13.8 Å². The summed E-state index contributed by atoms with van der Waals surface area (Å²) in [4.78, 5) is 35.3. The van der Waals surface area contributed by atoms with E-state index in [9.17, 15) is 18.4 Å². The van der Waals surface area contributed by atoms with Gasteiger partial charge in [0, 0.05) is 37.1 Å². The third-order valence-electron chi connectivity index (χ3n) is 4.86. The van der Waals surface area contributed by atoms with Crippen LogP contribution in [-0.2, 0) is 0 Å². The fourth-order valence-corrected chi connectivity index (χ4v) is 3.86. The lowest BCUT2D eigenvalue weighted by Gasteiger charge is -2.34. The molecule has 7 nitrogen and oxygen atoms in total. The lowest BCUT2D eigenvalue weighted by Crippen LogP contribution is -2.49. The highest BCUT2D eigenvalue weighted by molar-refractivity contribution is 7.14. The molecular formula is C20H25F2N5O2S. The maximum Gasteiger partial charge on any atom is 0.273 e. The number of nitrogens with zero attached hydrogens (tertiary/aromatic N) is 4. The van der Waals surface area contributed by atoms with E-state index in [1.54, 1.807) is 10.3 Å². The van der Waals surface area contributed by atoms with Crippen LogP contribution in [-0.4, -0.2) is 84.9 Å². The summed E-state index contributed by atoms with van der Waals surface area (Å²) >= 11 is 1.11. The highest BCUT2D eigenvalue weighted by Gasteiger charge is 2.24. The van der Waals surface area contributed by atoms with E-state index in [-0.39, 0.29) is 22.3 Å². The molecule has 1 aliphatic heterocycles. The van der Waals surface area contributed by atoms with Gasteiger partial charge in [-0.05, 0) is 51.8 Å². The number of amides is 2. The Bertz CT molecular complexity index is 897. The van der Waals surface area contributed by atoms with Crippen LogP contribution in [0.1, 0.15) is 27.3 Å². The average molecular weight is 438 g/mol. The van der Waals surface area contributed by atoms with Gasteiger partial charge < -0.3 is 9.80 Å². The summed E-state index contributed by atoms with van der Waals surface area (Å²) in [5.74, 6) is -2.91. The zero-order valence-electron chi connectivity index (χ0n) is 17.0. The summed E-state index contributed by atoms with van der Waals surface area (Å²) < 4.78 is 26.3. The Morgan fingerprint density at radius 1 is 1.17 bits per heavy atom. The first-order valence-electron chi connectivity index (χ1n) is 9.72. The van der Waals surface area contributed by atoms with E-state index < -0.39 is 17.5 Å². The second-order valence-electron chi connectivity index (χ2n) is 7.41. The average Bonchev–Trinajstić information content (AvgIpc) is 3.18. The second kappa shape index (κ2) is 10.1. The van der Waals surface area contributed by atoms with Gasteiger partial charge >= 0.3 is 0 Å². The summed E-state index contributed by atoms with van der Waals surface area (Å²) in [5, 5.41) is 4.34. The topological polar surface area (TPSA) is 68.8 Å². The van der Waals surface area contributed by atoms with Gasteiger partial charge in [0.05, 0.1) is 0 Å². The highest BCUT2D eigenvalue weighted by atomic mass is 32.1. The Morgan fingerprint density at radius 2 is 1.90 bits per heavy atom. The summed E-state index contributed by atoms with van der Waals surface area (Å²) in [7, 11) is 4.11. The normalized spacial score (nSPS) is 14.9. The standard InChI is InChI=1S/C20H25F2N5O2S/c1-25(2)6-3-7-26-8-10-27(11-9-26)19(29)17-13-30-20(23-17)24-18(28)14-4-5-15(21)16(22)12-14/h4-5,12-13H,3,6-11H2,1-2H3,(H,23,24,28). The number of piperazine rings is 1. The van der Waals surface area contributed by atoms with Crippen LogP contribution in [0.25, 0.3) is 0 Å². The molecule has 3 rings (SSSR count). The third kappa shape index (κ3) is 5.80. The molecule has 1 aromatic heterocycles. The fourth-order valence-electron chi connectivity index (χ4n) is 3.18. The molecule has 1 fully saturated rings. The number of hydrogen-bond donors (Lipinski definition) is 1. The number of hydrogen-bond acceptors (Lipinski definition) is 6. The van der Waals surface area contributed by atoms with Crippen LogP contribution in [0.3, 0.4) is 0 Å². The number of nitrogens with one attached hydrogen (secondary N) is 1. The maximum absolute atomic E-state index is 13.3. The van der Waals surface area contributed by atoms with Crippen molar-refractivity contribution >= 4 is 28.3 Å². The van der Waals surface area contributed by atoms with E-state index in [1.165, 1.54) is 6.07 Å². The Balaban J connectivity index is 1.51. The van der Waals surface area contributed by atoms with Crippen molar-refractivity contribution < 1.29 is 18.4 Å². The Kier molecular flexibility index (Phi) is 7.46. The van der Waals surface area contributed by atoms with Crippen molar-refractivity contribution in [2.45, 2.75) is 6.42 Å². The number of benzene rings is 1. The summed E-state index contributed by atoms with van der Waals surface area (Å²) in [5.41, 5.74) is 0.240. The molecule has 0 aliphatic carbocycles. The first-order chi connectivity index (χ1) is 14.3. The number of halogens is 2. The molecule has 0 bridgehead atoms. The van der Waals surface area contributed by atoms with Crippen molar-refractivity contribution in [1.29, 1.82) is 0 Å². The van der Waals surface area contributed by atoms with Crippen LogP contribution in [0, 0.1) is 11.6 Å². The van der Waals surface area contributed by atoms with Gasteiger partial charge in [-0.15, -0.1) is 11.3 Å². The molecule has 162 valence electrons. The fraction of sp³-hybridized carbons (Fsp3) is 0.450. The van der Waals surface area contributed by atoms with Crippen LogP contribution in [0.15, 0.2) is 23.6 Å². The van der Waals surface area contributed by atoms with Crippen molar-refractivity contribution in [2.24, 2.45) is 0 Å². The molecule has 2 aromatic rings. The Labute approximate surface area is 178 Å². The second-order valence-corrected chi connectivity index (χ2v) is 8.27. The number of carbonyl (C=O) groups is 2.